The topological polar surface area (TPSA) is 9.23 Å². The molecule has 20 heavy (non-hydrogen) atoms. The Morgan fingerprint density at radius 1 is 1.20 bits per heavy atom. The smallest absolute Gasteiger partial charge is 0.122 e. The van der Waals surface area contributed by atoms with Crippen LogP contribution < -0.4 is 4.74 Å². The van der Waals surface area contributed by atoms with Crippen molar-refractivity contribution >= 4 is 0 Å². The van der Waals surface area contributed by atoms with Gasteiger partial charge in [-0.15, -0.1) is 0 Å². The van der Waals surface area contributed by atoms with Gasteiger partial charge >= 0.3 is 0 Å². The normalized spacial score (nSPS) is 23.1. The summed E-state index contributed by atoms with van der Waals surface area (Å²) in [7, 11) is 1.77. The van der Waals surface area contributed by atoms with Gasteiger partial charge in [0.25, 0.3) is 0 Å². The fourth-order valence-electron chi connectivity index (χ4n) is 3.43. The largest absolute Gasteiger partial charge is 0.496 e. The molecule has 1 nitrogen and oxygen atoms in total. The third-order valence-electron chi connectivity index (χ3n) is 4.53. The van der Waals surface area contributed by atoms with Gasteiger partial charge in [0.1, 0.15) is 5.75 Å². The number of allylic oxidation sites excluding steroid dienone is 2. The molecule has 0 radical (unpaired) electrons. The molecule has 0 aromatic heterocycles. The molecule has 1 saturated carbocycles. The average Bonchev–Trinajstić information content (AvgIpc) is 2.49. The zero-order valence-electron chi connectivity index (χ0n) is 13.2. The molecule has 0 aliphatic heterocycles. The number of ether oxygens (including phenoxy) is 1. The number of aryl methyl sites for hydroxylation is 1. The molecule has 0 atom stereocenters. The minimum absolute atomic E-state index is 0.748. The molecule has 1 aliphatic rings. The van der Waals surface area contributed by atoms with Gasteiger partial charge in [0.2, 0.25) is 0 Å². The standard InChI is InChI=1S/C19H28O/c1-4-6-15-8-10-16(11-9-15)17-12-13-19(20-3)18(14-17)7-5-2/h4,6,12-16H,5,7-11H2,1-3H3/t15-,16-. The van der Waals surface area contributed by atoms with Crippen molar-refractivity contribution in [2.24, 2.45) is 5.92 Å². The Kier molecular flexibility index (Phi) is 5.70. The van der Waals surface area contributed by atoms with Gasteiger partial charge in [-0.1, -0.05) is 37.6 Å². The van der Waals surface area contributed by atoms with Crippen molar-refractivity contribution in [1.29, 1.82) is 0 Å². The third kappa shape index (κ3) is 3.65. The molecule has 0 unspecified atom stereocenters. The van der Waals surface area contributed by atoms with E-state index >= 15 is 0 Å². The van der Waals surface area contributed by atoms with Crippen molar-refractivity contribution in [1.82, 2.24) is 0 Å². The minimum atomic E-state index is 0.748. The molecular formula is C19H28O. The first-order valence-corrected chi connectivity index (χ1v) is 8.08. The summed E-state index contributed by atoms with van der Waals surface area (Å²) in [5.74, 6) is 2.61. The Bertz CT molecular complexity index is 439. The van der Waals surface area contributed by atoms with Crippen molar-refractivity contribution in [3.8, 4) is 5.75 Å². The predicted molar refractivity (Wildman–Crippen MR) is 86.5 cm³/mol. The quantitative estimate of drug-likeness (QED) is 0.643. The van der Waals surface area contributed by atoms with Crippen molar-refractivity contribution in [2.45, 2.75) is 58.3 Å². The second-order valence-corrected chi connectivity index (χ2v) is 5.96. The van der Waals surface area contributed by atoms with E-state index in [1.807, 2.05) is 0 Å². The summed E-state index contributed by atoms with van der Waals surface area (Å²) < 4.78 is 5.48. The lowest BCUT2D eigenvalue weighted by Gasteiger charge is -2.27. The maximum absolute atomic E-state index is 5.48. The average molecular weight is 272 g/mol. The van der Waals surface area contributed by atoms with Crippen LogP contribution in [0.5, 0.6) is 5.75 Å². The Morgan fingerprint density at radius 3 is 2.55 bits per heavy atom. The number of benzene rings is 1. The molecule has 1 aromatic carbocycles. The maximum Gasteiger partial charge on any atom is 0.122 e. The van der Waals surface area contributed by atoms with Gasteiger partial charge < -0.3 is 4.74 Å². The summed E-state index contributed by atoms with van der Waals surface area (Å²) in [5.41, 5.74) is 2.90. The van der Waals surface area contributed by atoms with E-state index in [0.717, 1.165) is 24.0 Å². The number of methoxy groups -OCH3 is 1. The van der Waals surface area contributed by atoms with E-state index in [2.05, 4.69) is 44.2 Å². The molecule has 1 heteroatoms. The first-order valence-electron chi connectivity index (χ1n) is 8.08. The lowest BCUT2D eigenvalue weighted by Crippen LogP contribution is -2.12. The van der Waals surface area contributed by atoms with Crippen LogP contribution in [0.4, 0.5) is 0 Å². The fraction of sp³-hybridized carbons (Fsp3) is 0.579. The minimum Gasteiger partial charge on any atom is -0.496 e. The third-order valence-corrected chi connectivity index (χ3v) is 4.53. The lowest BCUT2D eigenvalue weighted by atomic mass is 9.78. The van der Waals surface area contributed by atoms with Gasteiger partial charge in [-0.05, 0) is 68.1 Å². The first-order chi connectivity index (χ1) is 9.78. The Labute approximate surface area is 124 Å². The van der Waals surface area contributed by atoms with Gasteiger partial charge in [-0.3, -0.25) is 0 Å². The molecule has 1 aliphatic carbocycles. The molecule has 0 bridgehead atoms. The summed E-state index contributed by atoms with van der Waals surface area (Å²) in [5, 5.41) is 0. The predicted octanol–water partition coefficient (Wildman–Crippen LogP) is 5.50. The van der Waals surface area contributed by atoms with Gasteiger partial charge in [-0.2, -0.15) is 0 Å². The van der Waals surface area contributed by atoms with E-state index in [1.54, 1.807) is 7.11 Å². The second-order valence-electron chi connectivity index (χ2n) is 5.96. The number of hydrogen-bond donors (Lipinski definition) is 0. The van der Waals surface area contributed by atoms with E-state index in [1.165, 1.54) is 43.2 Å². The molecule has 0 spiro atoms. The number of hydrogen-bond acceptors (Lipinski definition) is 1. The lowest BCUT2D eigenvalue weighted by molar-refractivity contribution is 0.374. The summed E-state index contributed by atoms with van der Waals surface area (Å²) in [6, 6.07) is 6.83. The van der Waals surface area contributed by atoms with E-state index in [9.17, 15) is 0 Å². The van der Waals surface area contributed by atoms with Gasteiger partial charge in [0, 0.05) is 0 Å². The highest BCUT2D eigenvalue weighted by Gasteiger charge is 2.21. The monoisotopic (exact) mass is 272 g/mol. The summed E-state index contributed by atoms with van der Waals surface area (Å²) in [6.45, 7) is 4.36. The highest BCUT2D eigenvalue weighted by Crippen LogP contribution is 2.37. The molecule has 0 amide bonds. The molecule has 0 heterocycles. The Hall–Kier alpha value is -1.24. The van der Waals surface area contributed by atoms with Crippen LogP contribution >= 0.6 is 0 Å². The van der Waals surface area contributed by atoms with Crippen molar-refractivity contribution in [3.63, 3.8) is 0 Å². The molecule has 0 N–H and O–H groups in total. The van der Waals surface area contributed by atoms with Crippen LogP contribution in [0, 0.1) is 5.92 Å². The van der Waals surface area contributed by atoms with Crippen LogP contribution in [0.15, 0.2) is 30.4 Å². The van der Waals surface area contributed by atoms with E-state index < -0.39 is 0 Å². The van der Waals surface area contributed by atoms with Crippen molar-refractivity contribution in [2.75, 3.05) is 7.11 Å². The molecule has 2 rings (SSSR count). The van der Waals surface area contributed by atoms with Gasteiger partial charge in [-0.25, -0.2) is 0 Å². The van der Waals surface area contributed by atoms with Crippen LogP contribution in [-0.4, -0.2) is 7.11 Å². The molecule has 1 aromatic rings. The van der Waals surface area contributed by atoms with Crippen LogP contribution in [0.2, 0.25) is 0 Å². The van der Waals surface area contributed by atoms with Crippen molar-refractivity contribution in [3.05, 3.63) is 41.5 Å². The summed E-state index contributed by atoms with van der Waals surface area (Å²) in [4.78, 5) is 0. The van der Waals surface area contributed by atoms with E-state index in [4.69, 9.17) is 4.74 Å². The Morgan fingerprint density at radius 2 is 1.95 bits per heavy atom. The van der Waals surface area contributed by atoms with Crippen LogP contribution in [0.3, 0.4) is 0 Å². The fourth-order valence-corrected chi connectivity index (χ4v) is 3.43. The SMILES string of the molecule is CC=C[C@H]1CC[C@H](c2ccc(OC)c(CCC)c2)CC1. The number of rotatable bonds is 5. The molecule has 0 saturated heterocycles. The Balaban J connectivity index is 2.08. The van der Waals surface area contributed by atoms with E-state index in [-0.39, 0.29) is 0 Å². The summed E-state index contributed by atoms with van der Waals surface area (Å²) >= 11 is 0. The second kappa shape index (κ2) is 7.52. The van der Waals surface area contributed by atoms with Crippen LogP contribution in [0.1, 0.15) is 63.0 Å². The first kappa shape index (κ1) is 15.2. The maximum atomic E-state index is 5.48. The van der Waals surface area contributed by atoms with Crippen molar-refractivity contribution < 1.29 is 4.74 Å². The van der Waals surface area contributed by atoms with Gasteiger partial charge in [0.15, 0.2) is 0 Å². The highest BCUT2D eigenvalue weighted by molar-refractivity contribution is 5.39. The molecular weight excluding hydrogens is 244 g/mol. The highest BCUT2D eigenvalue weighted by atomic mass is 16.5. The van der Waals surface area contributed by atoms with Gasteiger partial charge in [0.05, 0.1) is 7.11 Å². The molecule has 1 fully saturated rings. The van der Waals surface area contributed by atoms with Crippen LogP contribution in [0.25, 0.3) is 0 Å². The van der Waals surface area contributed by atoms with Crippen LogP contribution in [-0.2, 0) is 6.42 Å². The van der Waals surface area contributed by atoms with E-state index in [0.29, 0.717) is 0 Å². The molecule has 110 valence electrons. The zero-order chi connectivity index (χ0) is 14.4. The zero-order valence-corrected chi connectivity index (χ0v) is 13.2. The summed E-state index contributed by atoms with van der Waals surface area (Å²) in [6.07, 6.45) is 12.2.